The van der Waals surface area contributed by atoms with E-state index in [2.05, 4.69) is 6.92 Å². The topological polar surface area (TPSA) is 18.5 Å². The Bertz CT molecular complexity index is 896. The van der Waals surface area contributed by atoms with Crippen LogP contribution in [0.25, 0.3) is 20.2 Å². The third-order valence-electron chi connectivity index (χ3n) is 5.23. The smallest absolute Gasteiger partial charge is 0.182 e. The highest BCUT2D eigenvalue weighted by Crippen LogP contribution is 2.40. The summed E-state index contributed by atoms with van der Waals surface area (Å²) in [6, 6.07) is 9.80. The van der Waals surface area contributed by atoms with E-state index >= 15 is 0 Å². The summed E-state index contributed by atoms with van der Waals surface area (Å²) in [5.74, 6) is 1.59. The lowest BCUT2D eigenvalue weighted by Crippen LogP contribution is -2.08. The van der Waals surface area contributed by atoms with Crippen molar-refractivity contribution in [1.82, 2.24) is 0 Å². The second-order valence-electron chi connectivity index (χ2n) is 7.18. The van der Waals surface area contributed by atoms with Crippen molar-refractivity contribution >= 4 is 31.5 Å². The second-order valence-corrected chi connectivity index (χ2v) is 8.23. The molecular weight excluding hydrogens is 347 g/mol. The number of hydrogen-bond donors (Lipinski definition) is 0. The average molecular weight is 373 g/mol. The molecule has 2 aromatic carbocycles. The average Bonchev–Trinajstić information content (AvgIpc) is 3.29. The minimum Gasteiger partial charge on any atom is -0.494 e. The maximum Gasteiger partial charge on any atom is 0.182 e. The molecule has 0 unspecified atom stereocenters. The van der Waals surface area contributed by atoms with Gasteiger partial charge in [0.15, 0.2) is 11.6 Å². The lowest BCUT2D eigenvalue weighted by molar-refractivity contribution is 0.243. The molecule has 4 heteroatoms. The molecule has 0 spiro atoms. The summed E-state index contributed by atoms with van der Waals surface area (Å²) >= 11 is 1.48. The molecule has 138 valence electrons. The molecule has 0 bridgehead atoms. The summed E-state index contributed by atoms with van der Waals surface area (Å²) in [6.45, 7) is 3.50. The molecule has 1 aliphatic rings. The van der Waals surface area contributed by atoms with Crippen LogP contribution in [0.2, 0.25) is 0 Å². The second kappa shape index (κ2) is 7.83. The zero-order valence-corrected chi connectivity index (χ0v) is 16.0. The van der Waals surface area contributed by atoms with Crippen LogP contribution in [0.15, 0.2) is 30.3 Å². The minimum absolute atomic E-state index is 0.227. The number of fused-ring (bicyclic) bond motifs is 3. The highest BCUT2D eigenvalue weighted by Gasteiger charge is 2.18. The van der Waals surface area contributed by atoms with Crippen LogP contribution in [0, 0.1) is 11.7 Å². The number of benzene rings is 2. The van der Waals surface area contributed by atoms with E-state index in [1.165, 1.54) is 37.0 Å². The summed E-state index contributed by atoms with van der Waals surface area (Å²) in [5.41, 5.74) is 0. The molecule has 1 saturated carbocycles. The van der Waals surface area contributed by atoms with Crippen LogP contribution in [0.4, 0.5) is 4.39 Å². The van der Waals surface area contributed by atoms with Crippen molar-refractivity contribution in [2.45, 2.75) is 45.4 Å². The first-order valence-corrected chi connectivity index (χ1v) is 10.5. The van der Waals surface area contributed by atoms with Gasteiger partial charge < -0.3 is 9.47 Å². The lowest BCUT2D eigenvalue weighted by atomic mass is 10.1. The Morgan fingerprint density at radius 2 is 1.88 bits per heavy atom. The molecule has 0 amide bonds. The molecule has 1 fully saturated rings. The zero-order valence-electron chi connectivity index (χ0n) is 15.2. The number of hydrogen-bond acceptors (Lipinski definition) is 3. The highest BCUT2D eigenvalue weighted by atomic mass is 32.1. The molecule has 26 heavy (non-hydrogen) atoms. The quantitative estimate of drug-likeness (QED) is 0.418. The Labute approximate surface area is 157 Å². The summed E-state index contributed by atoms with van der Waals surface area (Å²) in [5, 5.41) is 2.03. The van der Waals surface area contributed by atoms with E-state index in [-0.39, 0.29) is 5.82 Å². The highest BCUT2D eigenvalue weighted by molar-refractivity contribution is 7.25. The molecular formula is C22H25FO2S. The number of thiophene rings is 1. The third-order valence-corrected chi connectivity index (χ3v) is 6.39. The largest absolute Gasteiger partial charge is 0.494 e. The first-order chi connectivity index (χ1) is 12.8. The molecule has 0 aliphatic heterocycles. The first kappa shape index (κ1) is 17.6. The molecule has 1 aromatic heterocycles. The molecule has 0 radical (unpaired) electrons. The van der Waals surface area contributed by atoms with Crippen molar-refractivity contribution in [2.24, 2.45) is 5.92 Å². The number of halogens is 1. The van der Waals surface area contributed by atoms with Crippen molar-refractivity contribution in [3.05, 3.63) is 36.1 Å². The van der Waals surface area contributed by atoms with E-state index in [9.17, 15) is 4.39 Å². The van der Waals surface area contributed by atoms with Gasteiger partial charge in [-0.3, -0.25) is 0 Å². The first-order valence-electron chi connectivity index (χ1n) is 9.66. The monoisotopic (exact) mass is 372 g/mol. The Hall–Kier alpha value is -1.81. The van der Waals surface area contributed by atoms with Gasteiger partial charge in [0.25, 0.3) is 0 Å². The van der Waals surface area contributed by atoms with Gasteiger partial charge in [-0.2, -0.15) is 0 Å². The fourth-order valence-electron chi connectivity index (χ4n) is 3.69. The van der Waals surface area contributed by atoms with Gasteiger partial charge in [0.1, 0.15) is 5.75 Å². The molecule has 0 atom stereocenters. The van der Waals surface area contributed by atoms with Gasteiger partial charge in [-0.25, -0.2) is 4.39 Å². The zero-order chi connectivity index (χ0) is 17.9. The van der Waals surface area contributed by atoms with Crippen molar-refractivity contribution in [3.8, 4) is 11.5 Å². The van der Waals surface area contributed by atoms with Crippen LogP contribution in [-0.2, 0) is 0 Å². The Kier molecular flexibility index (Phi) is 5.30. The van der Waals surface area contributed by atoms with Gasteiger partial charge in [0, 0.05) is 15.5 Å². The Balaban J connectivity index is 1.59. The fraction of sp³-hybridized carbons (Fsp3) is 0.455. The summed E-state index contributed by atoms with van der Waals surface area (Å²) in [6.07, 6.45) is 7.10. The van der Waals surface area contributed by atoms with Crippen LogP contribution in [0.3, 0.4) is 0 Å². The van der Waals surface area contributed by atoms with Gasteiger partial charge in [-0.15, -0.1) is 11.3 Å². The maximum absolute atomic E-state index is 15.0. The number of rotatable bonds is 7. The molecule has 2 nitrogen and oxygen atoms in total. The van der Waals surface area contributed by atoms with E-state index < -0.39 is 0 Å². The van der Waals surface area contributed by atoms with E-state index in [4.69, 9.17) is 9.47 Å². The molecule has 0 N–H and O–H groups in total. The van der Waals surface area contributed by atoms with Crippen molar-refractivity contribution in [3.63, 3.8) is 0 Å². The third kappa shape index (κ3) is 3.52. The van der Waals surface area contributed by atoms with E-state index in [0.717, 1.165) is 40.7 Å². The van der Waals surface area contributed by atoms with Crippen LogP contribution < -0.4 is 9.47 Å². The van der Waals surface area contributed by atoms with Crippen molar-refractivity contribution in [2.75, 3.05) is 13.2 Å². The minimum atomic E-state index is -0.227. The van der Waals surface area contributed by atoms with E-state index in [0.29, 0.717) is 23.0 Å². The van der Waals surface area contributed by atoms with Crippen LogP contribution >= 0.6 is 11.3 Å². The van der Waals surface area contributed by atoms with Crippen molar-refractivity contribution in [1.29, 1.82) is 0 Å². The van der Waals surface area contributed by atoms with Gasteiger partial charge in [-0.05, 0) is 55.5 Å². The lowest BCUT2D eigenvalue weighted by Gasteiger charge is -2.12. The van der Waals surface area contributed by atoms with Crippen LogP contribution in [-0.4, -0.2) is 13.2 Å². The van der Waals surface area contributed by atoms with Gasteiger partial charge >= 0.3 is 0 Å². The van der Waals surface area contributed by atoms with Crippen LogP contribution in [0.1, 0.15) is 45.4 Å². The summed E-state index contributed by atoms with van der Waals surface area (Å²) in [4.78, 5) is 0. The SMILES string of the molecule is CCCCOc1ccc2c(c1)sc1c(F)c(OCC3CCCC3)ccc12. The van der Waals surface area contributed by atoms with Crippen LogP contribution in [0.5, 0.6) is 11.5 Å². The normalized spacial score (nSPS) is 15.2. The standard InChI is InChI=1S/C22H25FO2S/c1-2-3-12-24-16-8-9-17-18-10-11-19(25-14-15-6-4-5-7-15)21(23)22(18)26-20(17)13-16/h8-11,13,15H,2-7,12,14H2,1H3. The van der Waals surface area contributed by atoms with Crippen molar-refractivity contribution < 1.29 is 13.9 Å². The Morgan fingerprint density at radius 3 is 2.69 bits per heavy atom. The molecule has 1 aliphatic carbocycles. The summed E-state index contributed by atoms with van der Waals surface area (Å²) < 4.78 is 28.3. The predicted octanol–water partition coefficient (Wildman–Crippen LogP) is 6.94. The number of ether oxygens (including phenoxy) is 2. The number of unbranched alkanes of at least 4 members (excludes halogenated alkanes) is 1. The molecule has 0 saturated heterocycles. The fourth-order valence-corrected chi connectivity index (χ4v) is 4.85. The maximum atomic E-state index is 15.0. The summed E-state index contributed by atoms with van der Waals surface area (Å²) in [7, 11) is 0. The Morgan fingerprint density at radius 1 is 1.08 bits per heavy atom. The van der Waals surface area contributed by atoms with Gasteiger partial charge in [0.05, 0.1) is 17.9 Å². The molecule has 1 heterocycles. The predicted molar refractivity (Wildman–Crippen MR) is 107 cm³/mol. The van der Waals surface area contributed by atoms with Gasteiger partial charge in [-0.1, -0.05) is 26.2 Å². The van der Waals surface area contributed by atoms with Gasteiger partial charge in [0.2, 0.25) is 0 Å². The van der Waals surface area contributed by atoms with E-state index in [1.807, 2.05) is 24.3 Å². The molecule has 4 rings (SSSR count). The van der Waals surface area contributed by atoms with E-state index in [1.54, 1.807) is 6.07 Å². The molecule has 3 aromatic rings.